The topological polar surface area (TPSA) is 96.5 Å². The molecule has 4 saturated carbocycles. The molecule has 0 amide bonds. The zero-order valence-electron chi connectivity index (χ0n) is 36.3. The minimum Gasteiger partial charge on any atom is -0.469 e. The van der Waals surface area contributed by atoms with Crippen molar-refractivity contribution >= 4 is 40.0 Å². The van der Waals surface area contributed by atoms with Gasteiger partial charge in [0.25, 0.3) is 0 Å². The highest BCUT2D eigenvalue weighted by Crippen LogP contribution is 2.69. The van der Waals surface area contributed by atoms with Crippen LogP contribution in [-0.2, 0) is 54.8 Å². The van der Waals surface area contributed by atoms with Crippen molar-refractivity contribution in [1.82, 2.24) is 9.13 Å². The third-order valence-corrected chi connectivity index (χ3v) is 17.0. The second kappa shape index (κ2) is 15.7. The number of imidazole rings is 2. The zero-order chi connectivity index (χ0) is 42.0. The summed E-state index contributed by atoms with van der Waals surface area (Å²) in [6.45, 7) is 8.80. The molecule has 6 aliphatic rings. The summed E-state index contributed by atoms with van der Waals surface area (Å²) in [6.07, 6.45) is 13.1. The van der Waals surface area contributed by atoms with E-state index in [9.17, 15) is 14.4 Å². The Kier molecular flexibility index (Phi) is 10.3. The predicted molar refractivity (Wildman–Crippen MR) is 230 cm³/mol. The summed E-state index contributed by atoms with van der Waals surface area (Å²) in [4.78, 5) is 40.8. The molecule has 4 aliphatic carbocycles. The molecule has 4 heterocycles. The SMILES string of the molecule is COC(=O)CC[C@@H](C)[C@H]1CC[C@H]2[C@@H]3CC[C@@H]4C[C@H]5CC[C@]4(C)[C@H]3C[C@H](OC(=O)Cn3c[n+](c4ccccc43)Cc3ccccc3C[n+]3cn(c4ccccc43)CC(=O)O5)[C@]12C. The van der Waals surface area contributed by atoms with E-state index in [4.69, 9.17) is 14.2 Å². The molecule has 10 heteroatoms. The average molecular weight is 827 g/mol. The lowest BCUT2D eigenvalue weighted by Crippen LogP contribution is -2.59. The highest BCUT2D eigenvalue weighted by Gasteiger charge is 2.65. The van der Waals surface area contributed by atoms with Gasteiger partial charge < -0.3 is 14.2 Å². The Balaban J connectivity index is 1.04. The molecule has 320 valence electrons. The number of hydrogen-bond donors (Lipinski definition) is 0. The average Bonchev–Trinajstić information content (AvgIpc) is 3.91. The molecule has 4 fully saturated rings. The first-order valence-corrected chi connectivity index (χ1v) is 23.0. The number of nitrogens with zero attached hydrogens (tertiary/aromatic N) is 4. The van der Waals surface area contributed by atoms with Gasteiger partial charge >= 0.3 is 17.9 Å². The van der Waals surface area contributed by atoms with Crippen molar-refractivity contribution in [2.24, 2.45) is 46.3 Å². The number of hydrogen-bond acceptors (Lipinski definition) is 6. The Morgan fingerprint density at radius 2 is 1.38 bits per heavy atom. The molecule has 10 nitrogen and oxygen atoms in total. The first kappa shape index (κ1) is 40.1. The van der Waals surface area contributed by atoms with E-state index in [1.165, 1.54) is 18.2 Å². The van der Waals surface area contributed by atoms with Gasteiger partial charge in [-0.05, 0) is 123 Å². The molecule has 0 radical (unpaired) electrons. The van der Waals surface area contributed by atoms with Crippen molar-refractivity contribution in [3.05, 3.63) is 96.6 Å². The Hall–Kier alpha value is -4.99. The number of methoxy groups -OCH3 is 1. The monoisotopic (exact) mass is 826 g/mol. The fourth-order valence-electron chi connectivity index (χ4n) is 14.0. The molecule has 3 aromatic carbocycles. The minimum atomic E-state index is -0.230. The molecule has 11 rings (SSSR count). The maximum Gasteiger partial charge on any atom is 0.348 e. The van der Waals surface area contributed by atoms with Crippen molar-refractivity contribution in [2.45, 2.75) is 123 Å². The van der Waals surface area contributed by atoms with Gasteiger partial charge in [0.2, 0.25) is 12.7 Å². The molecular formula is C51H62N4O6+2. The van der Waals surface area contributed by atoms with Gasteiger partial charge in [-0.15, -0.1) is 0 Å². The van der Waals surface area contributed by atoms with Gasteiger partial charge in [-0.1, -0.05) is 69.3 Å². The number of aromatic nitrogens is 4. The van der Waals surface area contributed by atoms with Crippen LogP contribution >= 0.6 is 0 Å². The lowest BCUT2D eigenvalue weighted by molar-refractivity contribution is -0.668. The van der Waals surface area contributed by atoms with Crippen LogP contribution in [0.4, 0.5) is 0 Å². The van der Waals surface area contributed by atoms with Crippen LogP contribution in [-0.4, -0.2) is 46.4 Å². The van der Waals surface area contributed by atoms with Crippen molar-refractivity contribution in [1.29, 1.82) is 0 Å². The number of esters is 3. The molecule has 2 aromatic heterocycles. The lowest BCUT2D eigenvalue weighted by Gasteiger charge is -2.62. The highest BCUT2D eigenvalue weighted by molar-refractivity contribution is 5.77. The largest absolute Gasteiger partial charge is 0.469 e. The maximum absolute atomic E-state index is 14.6. The normalized spacial score (nSPS) is 31.9. The molecule has 0 N–H and O–H groups in total. The lowest BCUT2D eigenvalue weighted by atomic mass is 9.43. The van der Waals surface area contributed by atoms with Crippen LogP contribution in [0.2, 0.25) is 0 Å². The van der Waals surface area contributed by atoms with E-state index in [0.29, 0.717) is 55.0 Å². The first-order valence-electron chi connectivity index (χ1n) is 23.0. The fraction of sp³-hybridized carbons (Fsp3) is 0.549. The summed E-state index contributed by atoms with van der Waals surface area (Å²) in [5.74, 6) is 1.95. The Labute approximate surface area is 359 Å². The summed E-state index contributed by atoms with van der Waals surface area (Å²) >= 11 is 0. The van der Waals surface area contributed by atoms with Gasteiger partial charge in [-0.25, -0.2) is 27.9 Å². The van der Waals surface area contributed by atoms with Crippen molar-refractivity contribution in [3.8, 4) is 0 Å². The minimum absolute atomic E-state index is 0.0704. The maximum atomic E-state index is 14.6. The number of para-hydroxylation sites is 4. The van der Waals surface area contributed by atoms with E-state index >= 15 is 0 Å². The third kappa shape index (κ3) is 6.96. The molecule has 10 atom stereocenters. The quantitative estimate of drug-likeness (QED) is 0.104. The number of ether oxygens (including phenoxy) is 3. The van der Waals surface area contributed by atoms with E-state index in [2.05, 4.69) is 112 Å². The highest BCUT2D eigenvalue weighted by atomic mass is 16.5. The van der Waals surface area contributed by atoms with Gasteiger partial charge in [0, 0.05) is 23.0 Å². The number of fused-ring (bicyclic) bond motifs is 9. The molecule has 9 bridgehead atoms. The summed E-state index contributed by atoms with van der Waals surface area (Å²) in [6, 6.07) is 25.2. The van der Waals surface area contributed by atoms with Gasteiger partial charge in [-0.2, -0.15) is 0 Å². The molecule has 2 aliphatic heterocycles. The summed E-state index contributed by atoms with van der Waals surface area (Å²) in [5, 5.41) is 0. The molecule has 0 saturated heterocycles. The van der Waals surface area contributed by atoms with E-state index < -0.39 is 0 Å². The van der Waals surface area contributed by atoms with Crippen molar-refractivity contribution in [3.63, 3.8) is 0 Å². The summed E-state index contributed by atoms with van der Waals surface area (Å²) < 4.78 is 27.0. The number of rotatable bonds is 4. The van der Waals surface area contributed by atoms with Crippen LogP contribution in [0.3, 0.4) is 0 Å². The predicted octanol–water partition coefficient (Wildman–Crippen LogP) is 7.96. The molecule has 61 heavy (non-hydrogen) atoms. The Morgan fingerprint density at radius 3 is 2.02 bits per heavy atom. The zero-order valence-corrected chi connectivity index (χ0v) is 36.3. The van der Waals surface area contributed by atoms with E-state index in [-0.39, 0.29) is 54.0 Å². The summed E-state index contributed by atoms with van der Waals surface area (Å²) in [7, 11) is 1.47. The number of benzene rings is 3. The smallest absolute Gasteiger partial charge is 0.348 e. The van der Waals surface area contributed by atoms with E-state index in [1.54, 1.807) is 0 Å². The number of carbonyl (C=O) groups is 3. The Bertz CT molecular complexity index is 2490. The van der Waals surface area contributed by atoms with Crippen LogP contribution < -0.4 is 9.13 Å². The fourth-order valence-corrected chi connectivity index (χ4v) is 14.0. The second-order valence-electron chi connectivity index (χ2n) is 19.9. The van der Waals surface area contributed by atoms with Gasteiger partial charge in [-0.3, -0.25) is 4.79 Å². The van der Waals surface area contributed by atoms with Crippen LogP contribution in [0, 0.1) is 46.3 Å². The third-order valence-electron chi connectivity index (χ3n) is 17.0. The van der Waals surface area contributed by atoms with Crippen molar-refractivity contribution in [2.75, 3.05) is 7.11 Å². The van der Waals surface area contributed by atoms with E-state index in [1.807, 2.05) is 12.1 Å². The molecule has 0 spiro atoms. The number of carbonyl (C=O) groups excluding carboxylic acids is 3. The van der Waals surface area contributed by atoms with Crippen LogP contribution in [0.1, 0.15) is 96.1 Å². The van der Waals surface area contributed by atoms with Gasteiger partial charge in [0.1, 0.15) is 25.3 Å². The molecule has 0 unspecified atom stereocenters. The van der Waals surface area contributed by atoms with Crippen LogP contribution in [0.5, 0.6) is 0 Å². The Morgan fingerprint density at radius 1 is 0.770 bits per heavy atom. The molecular weight excluding hydrogens is 765 g/mol. The second-order valence-corrected chi connectivity index (χ2v) is 19.9. The van der Waals surface area contributed by atoms with Gasteiger partial charge in [0.15, 0.2) is 35.2 Å². The van der Waals surface area contributed by atoms with E-state index in [0.717, 1.165) is 79.9 Å². The van der Waals surface area contributed by atoms with Crippen LogP contribution in [0.15, 0.2) is 85.5 Å². The van der Waals surface area contributed by atoms with Gasteiger partial charge in [0.05, 0.1) is 7.11 Å². The molecule has 5 aromatic rings. The first-order chi connectivity index (χ1) is 29.5. The summed E-state index contributed by atoms with van der Waals surface area (Å²) in [5.41, 5.74) is 6.37. The standard InChI is InChI=1S/C51H62N4O6/c1-33(17-22-47(56)59-4)39-20-21-40-38-19-18-36-25-37-23-24-50(36,2)41(38)26-46(51(39,40)3)61-49(58)30-55-32-53(43-14-8-10-16-45(43)55)28-35-12-6-5-11-34(35)27-52-31-54(29-48(57)60-37)44-15-9-7-13-42(44)52/h5-16,31-33,36-41,46H,17-30H2,1-4H3/q+2/t33-,36-,37-,38+,39-,40+,41+,46+,50+,51-/m1/s1. The van der Waals surface area contributed by atoms with Crippen LogP contribution in [0.25, 0.3) is 22.1 Å². The van der Waals surface area contributed by atoms with Crippen molar-refractivity contribution < 1.29 is 37.7 Å².